The molecule has 2 aliphatic heterocycles. The standard InChI is InChI=1S/C34H42N10O3/c1-22(2)46-33-31(17-43(41-33)27-6-8-28(9-7-27)44-29-10-11-30(44)19-45-18-29)40-34-37-14-26(15-38-34)24-4-5-25(13-35)32(12-24)47-23(3)16-42-21-36-20-39-42/h4-5,12,14-15,17,20-23,27-30H,6-11,16,18-19H2,1-3H3,(H,37,38,40)/t23-,27-,28-,29-,30+/m0/s1. The van der Waals surface area contributed by atoms with Gasteiger partial charge >= 0.3 is 0 Å². The Morgan fingerprint density at radius 1 is 0.957 bits per heavy atom. The molecular formula is C34H42N10O3. The predicted molar refractivity (Wildman–Crippen MR) is 174 cm³/mol. The first-order chi connectivity index (χ1) is 22.9. The minimum Gasteiger partial charge on any atom is -0.487 e. The maximum Gasteiger partial charge on any atom is 0.257 e. The summed E-state index contributed by atoms with van der Waals surface area (Å²) in [5, 5.41) is 22.0. The molecule has 3 fully saturated rings. The first kappa shape index (κ1) is 31.1. The third kappa shape index (κ3) is 6.94. The third-order valence-corrected chi connectivity index (χ3v) is 9.38. The summed E-state index contributed by atoms with van der Waals surface area (Å²) in [4.78, 5) is 16.0. The average Bonchev–Trinajstić information content (AvgIpc) is 3.79. The molecule has 0 amide bonds. The summed E-state index contributed by atoms with van der Waals surface area (Å²) in [6, 6.07) is 9.84. The quantitative estimate of drug-likeness (QED) is 0.233. The summed E-state index contributed by atoms with van der Waals surface area (Å²) in [7, 11) is 0. The SMILES string of the molecule is CC(C)Oc1nn([C@H]2CC[C@H](N3[C@@H]4CC[C@H]3COC4)CC2)cc1Nc1ncc(-c2ccc(C#N)c(O[C@@H](C)Cn3cncn3)c2)cn1. The summed E-state index contributed by atoms with van der Waals surface area (Å²) >= 11 is 0. The first-order valence-corrected chi connectivity index (χ1v) is 16.7. The van der Waals surface area contributed by atoms with Gasteiger partial charge in [-0.25, -0.2) is 19.6 Å². The number of anilines is 2. The lowest BCUT2D eigenvalue weighted by atomic mass is 9.89. The molecule has 1 saturated carbocycles. The predicted octanol–water partition coefficient (Wildman–Crippen LogP) is 5.15. The van der Waals surface area contributed by atoms with Crippen molar-refractivity contribution in [3.63, 3.8) is 0 Å². The van der Waals surface area contributed by atoms with Crippen LogP contribution in [-0.2, 0) is 11.3 Å². The molecule has 1 aromatic carbocycles. The molecule has 0 radical (unpaired) electrons. The molecule has 4 aromatic rings. The lowest BCUT2D eigenvalue weighted by molar-refractivity contribution is -0.0458. The van der Waals surface area contributed by atoms with Gasteiger partial charge in [-0.1, -0.05) is 6.07 Å². The van der Waals surface area contributed by atoms with Crippen LogP contribution >= 0.6 is 0 Å². The van der Waals surface area contributed by atoms with E-state index in [1.54, 1.807) is 29.5 Å². The number of aromatic nitrogens is 7. The molecule has 1 aliphatic carbocycles. The van der Waals surface area contributed by atoms with Gasteiger partial charge in [0.1, 0.15) is 36.3 Å². The lowest BCUT2D eigenvalue weighted by Crippen LogP contribution is -2.52. The maximum absolute atomic E-state index is 9.66. The third-order valence-electron chi connectivity index (χ3n) is 9.38. The summed E-state index contributed by atoms with van der Waals surface area (Å²) in [6.45, 7) is 8.21. The zero-order chi connectivity index (χ0) is 32.3. The lowest BCUT2D eigenvalue weighted by Gasteiger charge is -2.43. The molecule has 2 bridgehead atoms. The molecule has 0 unspecified atom stereocenters. The van der Waals surface area contributed by atoms with Crippen LogP contribution in [0.1, 0.15) is 70.9 Å². The number of benzene rings is 1. The molecule has 7 rings (SSSR count). The number of hydrogen-bond acceptors (Lipinski definition) is 11. The molecule has 2 saturated heterocycles. The van der Waals surface area contributed by atoms with Crippen LogP contribution in [0.4, 0.5) is 11.6 Å². The van der Waals surface area contributed by atoms with E-state index in [0.29, 0.717) is 53.9 Å². The number of nitrogens with zero attached hydrogens (tertiary/aromatic N) is 9. The van der Waals surface area contributed by atoms with Crippen LogP contribution < -0.4 is 14.8 Å². The van der Waals surface area contributed by atoms with Gasteiger partial charge in [0.15, 0.2) is 0 Å². The van der Waals surface area contributed by atoms with Crippen molar-refractivity contribution in [3.8, 4) is 28.8 Å². The molecule has 47 heavy (non-hydrogen) atoms. The van der Waals surface area contributed by atoms with Crippen molar-refractivity contribution in [1.29, 1.82) is 5.26 Å². The van der Waals surface area contributed by atoms with E-state index in [2.05, 4.69) is 41.0 Å². The Morgan fingerprint density at radius 3 is 2.36 bits per heavy atom. The second-order valence-electron chi connectivity index (χ2n) is 13.1. The Hall–Kier alpha value is -4.54. The van der Waals surface area contributed by atoms with Crippen molar-refractivity contribution in [2.45, 2.75) is 102 Å². The molecular weight excluding hydrogens is 596 g/mol. The van der Waals surface area contributed by atoms with E-state index in [-0.39, 0.29) is 12.2 Å². The molecule has 3 atom stereocenters. The highest BCUT2D eigenvalue weighted by Crippen LogP contribution is 2.39. The summed E-state index contributed by atoms with van der Waals surface area (Å²) < 4.78 is 21.8. The van der Waals surface area contributed by atoms with E-state index in [1.807, 2.05) is 39.1 Å². The van der Waals surface area contributed by atoms with Gasteiger partial charge < -0.3 is 19.5 Å². The zero-order valence-electron chi connectivity index (χ0n) is 27.2. The van der Waals surface area contributed by atoms with Gasteiger partial charge in [-0.2, -0.15) is 10.4 Å². The van der Waals surface area contributed by atoms with Gasteiger partial charge in [0.2, 0.25) is 5.95 Å². The van der Waals surface area contributed by atoms with Crippen LogP contribution in [0.15, 0.2) is 49.4 Å². The fourth-order valence-electron chi connectivity index (χ4n) is 7.23. The summed E-state index contributed by atoms with van der Waals surface area (Å²) in [5.41, 5.74) is 2.84. The van der Waals surface area contributed by atoms with Crippen molar-refractivity contribution in [2.24, 2.45) is 0 Å². The van der Waals surface area contributed by atoms with Crippen LogP contribution in [0.3, 0.4) is 0 Å². The summed E-state index contributed by atoms with van der Waals surface area (Å²) in [5.74, 6) is 1.49. The fourth-order valence-corrected chi connectivity index (χ4v) is 7.23. The van der Waals surface area contributed by atoms with E-state index < -0.39 is 0 Å². The van der Waals surface area contributed by atoms with E-state index in [9.17, 15) is 5.26 Å². The number of rotatable bonds is 11. The molecule has 0 spiro atoms. The van der Waals surface area contributed by atoms with Crippen LogP contribution in [0.25, 0.3) is 11.1 Å². The zero-order valence-corrected chi connectivity index (χ0v) is 27.2. The van der Waals surface area contributed by atoms with E-state index in [0.717, 1.165) is 42.9 Å². The highest BCUT2D eigenvalue weighted by molar-refractivity contribution is 5.67. The van der Waals surface area contributed by atoms with Gasteiger partial charge in [0.25, 0.3) is 5.88 Å². The Balaban J connectivity index is 1.02. The molecule has 13 nitrogen and oxygen atoms in total. The number of nitrogens with one attached hydrogen (secondary N) is 1. The minimum absolute atomic E-state index is 0.0264. The maximum atomic E-state index is 9.66. The highest BCUT2D eigenvalue weighted by Gasteiger charge is 2.42. The Bertz CT molecular complexity index is 1660. The number of morpholine rings is 1. The van der Waals surface area contributed by atoms with Crippen LogP contribution in [0, 0.1) is 11.3 Å². The van der Waals surface area contributed by atoms with Crippen molar-refractivity contribution < 1.29 is 14.2 Å². The number of ether oxygens (including phenoxy) is 3. The Labute approximate surface area is 274 Å². The molecule has 1 N–H and O–H groups in total. The van der Waals surface area contributed by atoms with Crippen molar-refractivity contribution in [3.05, 3.63) is 55.0 Å². The number of hydrogen-bond donors (Lipinski definition) is 1. The van der Waals surface area contributed by atoms with Crippen molar-refractivity contribution >= 4 is 11.6 Å². The van der Waals surface area contributed by atoms with E-state index >= 15 is 0 Å². The van der Waals surface area contributed by atoms with Crippen LogP contribution in [0.5, 0.6) is 11.6 Å². The van der Waals surface area contributed by atoms with Crippen LogP contribution in [0.2, 0.25) is 0 Å². The first-order valence-electron chi connectivity index (χ1n) is 16.7. The normalized spacial score (nSPS) is 23.4. The molecule has 5 heterocycles. The molecule has 3 aliphatic rings. The second-order valence-corrected chi connectivity index (χ2v) is 13.1. The monoisotopic (exact) mass is 638 g/mol. The minimum atomic E-state index is -0.222. The number of nitriles is 1. The molecule has 13 heteroatoms. The van der Waals surface area contributed by atoms with E-state index in [1.165, 1.54) is 32.0 Å². The van der Waals surface area contributed by atoms with Gasteiger partial charge in [0.05, 0.1) is 43.7 Å². The van der Waals surface area contributed by atoms with Crippen LogP contribution in [-0.4, -0.2) is 83.0 Å². The largest absolute Gasteiger partial charge is 0.487 e. The molecule has 3 aromatic heterocycles. The highest BCUT2D eigenvalue weighted by atomic mass is 16.5. The van der Waals surface area contributed by atoms with Crippen molar-refractivity contribution in [2.75, 3.05) is 18.5 Å². The number of fused-ring (bicyclic) bond motifs is 2. The average molecular weight is 639 g/mol. The van der Waals surface area contributed by atoms with Gasteiger partial charge in [0, 0.05) is 36.1 Å². The molecule has 246 valence electrons. The second kappa shape index (κ2) is 13.7. The van der Waals surface area contributed by atoms with Gasteiger partial charge in [-0.3, -0.25) is 9.58 Å². The van der Waals surface area contributed by atoms with E-state index in [4.69, 9.17) is 19.3 Å². The van der Waals surface area contributed by atoms with Gasteiger partial charge in [-0.15, -0.1) is 5.10 Å². The Kier molecular flexibility index (Phi) is 9.04. The van der Waals surface area contributed by atoms with Crippen molar-refractivity contribution in [1.82, 2.24) is 39.4 Å². The fraction of sp³-hybridized carbons (Fsp3) is 0.529. The van der Waals surface area contributed by atoms with Gasteiger partial charge in [-0.05, 0) is 77.0 Å². The topological polar surface area (TPSA) is 141 Å². The smallest absolute Gasteiger partial charge is 0.257 e. The Morgan fingerprint density at radius 2 is 1.68 bits per heavy atom. The summed E-state index contributed by atoms with van der Waals surface area (Å²) in [6.07, 6.45) is 15.5.